The molecule has 0 fully saturated rings. The van der Waals surface area contributed by atoms with Crippen LogP contribution >= 0.6 is 15.9 Å². The van der Waals surface area contributed by atoms with Crippen LogP contribution < -0.4 is 5.73 Å². The van der Waals surface area contributed by atoms with Crippen LogP contribution in [0.1, 0.15) is 45.3 Å². The van der Waals surface area contributed by atoms with Crippen molar-refractivity contribution in [2.75, 3.05) is 6.61 Å². The third-order valence-electron chi connectivity index (χ3n) is 3.34. The molecule has 2 unspecified atom stereocenters. The highest BCUT2D eigenvalue weighted by Crippen LogP contribution is 2.24. The molecule has 0 saturated carbocycles. The number of hydrogen-bond acceptors (Lipinski definition) is 2. The molecule has 0 bridgehead atoms. The molecule has 0 amide bonds. The van der Waals surface area contributed by atoms with E-state index in [0.717, 1.165) is 29.5 Å². The molecule has 0 saturated heterocycles. The van der Waals surface area contributed by atoms with E-state index in [2.05, 4.69) is 41.9 Å². The first kappa shape index (κ1) is 15.7. The van der Waals surface area contributed by atoms with E-state index in [1.165, 1.54) is 0 Å². The molecule has 1 rings (SSSR count). The van der Waals surface area contributed by atoms with E-state index in [1.807, 2.05) is 19.1 Å². The van der Waals surface area contributed by atoms with Gasteiger partial charge in [-0.25, -0.2) is 0 Å². The van der Waals surface area contributed by atoms with Gasteiger partial charge >= 0.3 is 0 Å². The summed E-state index contributed by atoms with van der Waals surface area (Å²) in [5, 5.41) is 0. The molecule has 1 aromatic carbocycles. The van der Waals surface area contributed by atoms with Gasteiger partial charge in [0.1, 0.15) is 0 Å². The molecule has 2 atom stereocenters. The van der Waals surface area contributed by atoms with Crippen LogP contribution in [-0.4, -0.2) is 12.6 Å². The van der Waals surface area contributed by atoms with Crippen LogP contribution in [0, 0.1) is 5.92 Å². The van der Waals surface area contributed by atoms with Crippen LogP contribution in [0.25, 0.3) is 0 Å². The molecule has 1 aromatic rings. The summed E-state index contributed by atoms with van der Waals surface area (Å²) in [5.41, 5.74) is 7.19. The third-order valence-corrected chi connectivity index (χ3v) is 3.87. The fraction of sp³-hybridized carbons (Fsp3) is 0.600. The smallest absolute Gasteiger partial charge is 0.0973 e. The second-order valence-electron chi connectivity index (χ2n) is 4.85. The number of halogens is 1. The first-order chi connectivity index (χ1) is 8.58. The molecule has 2 nitrogen and oxygen atoms in total. The van der Waals surface area contributed by atoms with E-state index in [1.54, 1.807) is 0 Å². The van der Waals surface area contributed by atoms with E-state index in [0.29, 0.717) is 5.92 Å². The zero-order chi connectivity index (χ0) is 13.5. The second kappa shape index (κ2) is 7.93. The molecule has 18 heavy (non-hydrogen) atoms. The Kier molecular flexibility index (Phi) is 6.90. The first-order valence-corrected chi connectivity index (χ1v) is 7.50. The van der Waals surface area contributed by atoms with Gasteiger partial charge in [0, 0.05) is 10.5 Å². The topological polar surface area (TPSA) is 35.2 Å². The maximum absolute atomic E-state index is 6.04. The van der Waals surface area contributed by atoms with Crippen LogP contribution in [0.3, 0.4) is 0 Å². The Morgan fingerprint density at radius 1 is 1.17 bits per heavy atom. The van der Waals surface area contributed by atoms with Crippen LogP contribution in [0.5, 0.6) is 0 Å². The van der Waals surface area contributed by atoms with Crippen molar-refractivity contribution in [3.8, 4) is 0 Å². The zero-order valence-electron chi connectivity index (χ0n) is 11.5. The number of hydrogen-bond donors (Lipinski definition) is 1. The molecule has 3 heteroatoms. The quantitative estimate of drug-likeness (QED) is 0.815. The maximum Gasteiger partial charge on any atom is 0.0973 e. The summed E-state index contributed by atoms with van der Waals surface area (Å²) in [6.07, 6.45) is 2.30. The molecule has 0 heterocycles. The van der Waals surface area contributed by atoms with Gasteiger partial charge in [0.15, 0.2) is 0 Å². The molecular weight excluding hydrogens is 290 g/mol. The van der Waals surface area contributed by atoms with E-state index in [-0.39, 0.29) is 12.1 Å². The highest BCUT2D eigenvalue weighted by Gasteiger charge is 2.18. The van der Waals surface area contributed by atoms with Crippen molar-refractivity contribution in [1.29, 1.82) is 0 Å². The summed E-state index contributed by atoms with van der Waals surface area (Å²) in [7, 11) is 0. The fourth-order valence-electron chi connectivity index (χ4n) is 1.97. The Bertz CT molecular complexity index is 333. The van der Waals surface area contributed by atoms with Crippen LogP contribution in [0.4, 0.5) is 0 Å². The summed E-state index contributed by atoms with van der Waals surface area (Å²) in [4.78, 5) is 0. The van der Waals surface area contributed by atoms with Gasteiger partial charge in [-0.05, 0) is 30.5 Å². The van der Waals surface area contributed by atoms with Crippen molar-refractivity contribution in [1.82, 2.24) is 0 Å². The summed E-state index contributed by atoms with van der Waals surface area (Å²) in [6, 6.07) is 8.22. The van der Waals surface area contributed by atoms with E-state index in [4.69, 9.17) is 10.5 Å². The highest BCUT2D eigenvalue weighted by atomic mass is 79.9. The molecule has 2 N–H and O–H groups in total. The predicted octanol–water partition coefficient (Wildman–Crippen LogP) is 4.29. The zero-order valence-corrected chi connectivity index (χ0v) is 13.1. The Morgan fingerprint density at radius 3 is 2.17 bits per heavy atom. The van der Waals surface area contributed by atoms with Crippen LogP contribution in [0.2, 0.25) is 0 Å². The lowest BCUT2D eigenvalue weighted by Gasteiger charge is -2.24. The molecule has 0 spiro atoms. The number of nitrogens with two attached hydrogens (primary N) is 1. The number of benzene rings is 1. The van der Waals surface area contributed by atoms with Gasteiger partial charge in [-0.15, -0.1) is 0 Å². The van der Waals surface area contributed by atoms with Crippen LogP contribution in [0.15, 0.2) is 28.7 Å². The van der Waals surface area contributed by atoms with Crippen molar-refractivity contribution in [3.05, 3.63) is 34.3 Å². The maximum atomic E-state index is 6.04. The minimum atomic E-state index is -0.0151. The minimum Gasteiger partial charge on any atom is -0.372 e. The lowest BCUT2D eigenvalue weighted by Crippen LogP contribution is -2.28. The Morgan fingerprint density at radius 2 is 1.72 bits per heavy atom. The number of rotatable bonds is 7. The number of ether oxygens (including phenoxy) is 1. The van der Waals surface area contributed by atoms with Crippen molar-refractivity contribution in [2.45, 2.75) is 45.8 Å². The fourth-order valence-corrected chi connectivity index (χ4v) is 2.23. The molecule has 0 aromatic heterocycles. The van der Waals surface area contributed by atoms with Gasteiger partial charge in [-0.1, -0.05) is 54.8 Å². The van der Waals surface area contributed by atoms with Gasteiger partial charge in [0.05, 0.1) is 12.7 Å². The Balaban J connectivity index is 2.68. The average molecular weight is 314 g/mol. The highest BCUT2D eigenvalue weighted by molar-refractivity contribution is 9.10. The normalized spacial score (nSPS) is 14.8. The van der Waals surface area contributed by atoms with Gasteiger partial charge < -0.3 is 10.5 Å². The molecule has 0 aliphatic rings. The molecule has 102 valence electrons. The van der Waals surface area contributed by atoms with E-state index < -0.39 is 0 Å². The average Bonchev–Trinajstić information content (AvgIpc) is 2.36. The molecule has 0 radical (unpaired) electrons. The molecule has 0 aliphatic carbocycles. The Labute approximate surface area is 119 Å². The van der Waals surface area contributed by atoms with Gasteiger partial charge in [-0.2, -0.15) is 0 Å². The van der Waals surface area contributed by atoms with E-state index in [9.17, 15) is 0 Å². The SMILES string of the molecule is CCC(CC)COC(c1ccc(Br)cc1)C(C)N. The lowest BCUT2D eigenvalue weighted by molar-refractivity contribution is 0.0141. The van der Waals surface area contributed by atoms with Crippen molar-refractivity contribution >= 4 is 15.9 Å². The summed E-state index contributed by atoms with van der Waals surface area (Å²) >= 11 is 3.44. The summed E-state index contributed by atoms with van der Waals surface area (Å²) in [5.74, 6) is 0.627. The summed E-state index contributed by atoms with van der Waals surface area (Å²) in [6.45, 7) is 7.20. The minimum absolute atomic E-state index is 0.000498. The van der Waals surface area contributed by atoms with Crippen molar-refractivity contribution in [2.24, 2.45) is 11.7 Å². The first-order valence-electron chi connectivity index (χ1n) is 6.71. The Hall–Kier alpha value is -0.380. The van der Waals surface area contributed by atoms with Crippen molar-refractivity contribution < 1.29 is 4.74 Å². The standard InChI is InChI=1S/C15H24BrNO/c1-4-12(5-2)10-18-15(11(3)17)13-6-8-14(16)9-7-13/h6-9,11-12,15H,4-5,10,17H2,1-3H3. The van der Waals surface area contributed by atoms with Gasteiger partial charge in [-0.3, -0.25) is 0 Å². The second-order valence-corrected chi connectivity index (χ2v) is 5.76. The molecule has 0 aliphatic heterocycles. The largest absolute Gasteiger partial charge is 0.372 e. The lowest BCUT2D eigenvalue weighted by atomic mass is 10.0. The summed E-state index contributed by atoms with van der Waals surface area (Å²) < 4.78 is 7.11. The van der Waals surface area contributed by atoms with E-state index >= 15 is 0 Å². The van der Waals surface area contributed by atoms with Crippen molar-refractivity contribution in [3.63, 3.8) is 0 Å². The molecular formula is C15H24BrNO. The monoisotopic (exact) mass is 313 g/mol. The predicted molar refractivity (Wildman–Crippen MR) is 80.6 cm³/mol. The third kappa shape index (κ3) is 4.71. The van der Waals surface area contributed by atoms with Gasteiger partial charge in [0.25, 0.3) is 0 Å². The van der Waals surface area contributed by atoms with Gasteiger partial charge in [0.2, 0.25) is 0 Å². The van der Waals surface area contributed by atoms with Crippen LogP contribution in [-0.2, 0) is 4.74 Å².